The van der Waals surface area contributed by atoms with Gasteiger partial charge < -0.3 is 10.1 Å². The normalized spacial score (nSPS) is 15.0. The molecule has 0 aromatic heterocycles. The van der Waals surface area contributed by atoms with E-state index in [9.17, 15) is 19.7 Å². The van der Waals surface area contributed by atoms with Gasteiger partial charge in [0.2, 0.25) is 0 Å². The number of carbonyl (C=O) groups is 2. The summed E-state index contributed by atoms with van der Waals surface area (Å²) in [5.41, 5.74) is 0.271. The van der Waals surface area contributed by atoms with Crippen LogP contribution in [0.1, 0.15) is 15.9 Å². The Hall–Kier alpha value is -3.04. The first-order valence-corrected chi connectivity index (χ1v) is 8.47. The zero-order valence-corrected chi connectivity index (χ0v) is 14.6. The lowest BCUT2D eigenvalue weighted by Crippen LogP contribution is -2.17. The van der Waals surface area contributed by atoms with E-state index in [1.807, 2.05) is 0 Å². The van der Waals surface area contributed by atoms with E-state index in [4.69, 9.17) is 17.0 Å². The maximum atomic E-state index is 12.2. The maximum Gasteiger partial charge on any atom is 0.350 e. The molecule has 1 fully saturated rings. The molecule has 26 heavy (non-hydrogen) atoms. The monoisotopic (exact) mass is 386 g/mol. The Morgan fingerprint density at radius 3 is 2.50 bits per heavy atom. The average Bonchev–Trinajstić information content (AvgIpc) is 2.93. The Kier molecular flexibility index (Phi) is 5.10. The second-order valence-electron chi connectivity index (χ2n) is 5.09. The first kappa shape index (κ1) is 17.8. The average molecular weight is 386 g/mol. The van der Waals surface area contributed by atoms with E-state index in [1.54, 1.807) is 18.2 Å². The molecular weight excluding hydrogens is 376 g/mol. The van der Waals surface area contributed by atoms with E-state index >= 15 is 0 Å². The number of nitro benzene ring substituents is 1. The van der Waals surface area contributed by atoms with Crippen molar-refractivity contribution in [2.75, 3.05) is 0 Å². The zero-order chi connectivity index (χ0) is 18.7. The number of esters is 1. The molecule has 1 heterocycles. The molecule has 7 nitrogen and oxygen atoms in total. The highest BCUT2D eigenvalue weighted by molar-refractivity contribution is 8.26. The van der Waals surface area contributed by atoms with Crippen LogP contribution < -0.4 is 10.1 Å². The zero-order valence-electron chi connectivity index (χ0n) is 13.0. The summed E-state index contributed by atoms with van der Waals surface area (Å²) in [4.78, 5) is 34.6. The van der Waals surface area contributed by atoms with Crippen molar-refractivity contribution >= 4 is 51.9 Å². The van der Waals surface area contributed by atoms with Gasteiger partial charge in [-0.1, -0.05) is 48.2 Å². The number of ether oxygens (including phenoxy) is 1. The van der Waals surface area contributed by atoms with Gasteiger partial charge >= 0.3 is 5.97 Å². The molecule has 1 N–H and O–H groups in total. The Labute approximate surface area is 157 Å². The van der Waals surface area contributed by atoms with Crippen LogP contribution in [-0.2, 0) is 4.79 Å². The van der Waals surface area contributed by atoms with Gasteiger partial charge in [-0.2, -0.15) is 0 Å². The number of nitrogens with zero attached hydrogens (tertiary/aromatic N) is 1. The van der Waals surface area contributed by atoms with Crippen LogP contribution in [-0.4, -0.2) is 21.1 Å². The summed E-state index contributed by atoms with van der Waals surface area (Å²) >= 11 is 6.09. The van der Waals surface area contributed by atoms with E-state index < -0.39 is 10.9 Å². The second-order valence-corrected chi connectivity index (χ2v) is 6.80. The third-order valence-electron chi connectivity index (χ3n) is 3.35. The first-order valence-electron chi connectivity index (χ1n) is 7.24. The van der Waals surface area contributed by atoms with Crippen molar-refractivity contribution < 1.29 is 19.2 Å². The number of amides is 1. The Balaban J connectivity index is 1.75. The van der Waals surface area contributed by atoms with Gasteiger partial charge in [0.25, 0.3) is 11.6 Å². The lowest BCUT2D eigenvalue weighted by atomic mass is 10.2. The lowest BCUT2D eigenvalue weighted by Gasteiger charge is -2.05. The third-order valence-corrected chi connectivity index (χ3v) is 4.51. The summed E-state index contributed by atoms with van der Waals surface area (Å²) in [5.74, 6) is -0.847. The van der Waals surface area contributed by atoms with Gasteiger partial charge in [0, 0.05) is 6.07 Å². The number of rotatable bonds is 4. The fraction of sp³-hybridized carbons (Fsp3) is 0. The summed E-state index contributed by atoms with van der Waals surface area (Å²) in [6.45, 7) is 0. The van der Waals surface area contributed by atoms with Crippen molar-refractivity contribution in [1.82, 2.24) is 5.32 Å². The fourth-order valence-electron chi connectivity index (χ4n) is 2.17. The van der Waals surface area contributed by atoms with Crippen LogP contribution in [0.25, 0.3) is 6.08 Å². The number of para-hydroxylation sites is 1. The minimum Gasteiger partial charge on any atom is -0.423 e. The predicted molar refractivity (Wildman–Crippen MR) is 101 cm³/mol. The molecule has 0 spiro atoms. The molecule has 0 atom stereocenters. The number of hydrogen-bond donors (Lipinski definition) is 1. The molecule has 0 aliphatic carbocycles. The van der Waals surface area contributed by atoms with Gasteiger partial charge in [-0.25, -0.2) is 4.79 Å². The highest BCUT2D eigenvalue weighted by Gasteiger charge is 2.22. The molecule has 2 aromatic carbocycles. The molecule has 1 aliphatic rings. The van der Waals surface area contributed by atoms with Gasteiger partial charge in [-0.15, -0.1) is 0 Å². The summed E-state index contributed by atoms with van der Waals surface area (Å²) in [7, 11) is 0. The minimum absolute atomic E-state index is 0.128. The molecule has 3 rings (SSSR count). The summed E-state index contributed by atoms with van der Waals surface area (Å²) in [6.07, 6.45) is 1.66. The smallest absolute Gasteiger partial charge is 0.350 e. The van der Waals surface area contributed by atoms with Crippen LogP contribution in [0.5, 0.6) is 5.75 Å². The summed E-state index contributed by atoms with van der Waals surface area (Å²) in [6, 6.07) is 11.9. The Morgan fingerprint density at radius 1 is 1.19 bits per heavy atom. The highest BCUT2D eigenvalue weighted by atomic mass is 32.2. The third kappa shape index (κ3) is 3.95. The van der Waals surface area contributed by atoms with Crippen LogP contribution in [0, 0.1) is 10.1 Å². The van der Waals surface area contributed by atoms with Gasteiger partial charge in [-0.3, -0.25) is 14.9 Å². The molecule has 1 amide bonds. The number of hydrogen-bond acceptors (Lipinski definition) is 7. The SMILES string of the molecule is O=C1NC(=S)S/C1=C/c1ccc(OC(=O)c2ccccc2[N+](=O)[O-])cc1. The highest BCUT2D eigenvalue weighted by Crippen LogP contribution is 2.27. The van der Waals surface area contributed by atoms with E-state index in [1.165, 1.54) is 48.2 Å². The van der Waals surface area contributed by atoms with E-state index in [0.29, 0.717) is 9.23 Å². The number of thioether (sulfide) groups is 1. The Bertz CT molecular complexity index is 954. The van der Waals surface area contributed by atoms with E-state index in [2.05, 4.69) is 5.32 Å². The fourth-order valence-corrected chi connectivity index (χ4v) is 3.22. The minimum atomic E-state index is -0.820. The molecule has 0 bridgehead atoms. The molecule has 9 heteroatoms. The number of carbonyl (C=O) groups excluding carboxylic acids is 2. The molecule has 130 valence electrons. The van der Waals surface area contributed by atoms with Gasteiger partial charge in [-0.05, 0) is 29.8 Å². The van der Waals surface area contributed by atoms with Gasteiger partial charge in [0.15, 0.2) is 0 Å². The molecule has 2 aromatic rings. The van der Waals surface area contributed by atoms with Gasteiger partial charge in [0.1, 0.15) is 15.6 Å². The summed E-state index contributed by atoms with van der Waals surface area (Å²) < 4.78 is 5.58. The molecule has 1 aliphatic heterocycles. The maximum absolute atomic E-state index is 12.2. The molecule has 0 radical (unpaired) electrons. The van der Waals surface area contributed by atoms with Crippen molar-refractivity contribution in [3.8, 4) is 5.75 Å². The van der Waals surface area contributed by atoms with Crippen LogP contribution in [0.4, 0.5) is 5.69 Å². The van der Waals surface area contributed by atoms with Crippen LogP contribution in [0.2, 0.25) is 0 Å². The van der Waals surface area contributed by atoms with Crippen molar-refractivity contribution in [3.63, 3.8) is 0 Å². The number of benzene rings is 2. The predicted octanol–water partition coefficient (Wildman–Crippen LogP) is 3.30. The van der Waals surface area contributed by atoms with Crippen molar-refractivity contribution in [2.45, 2.75) is 0 Å². The first-order chi connectivity index (χ1) is 12.4. The van der Waals surface area contributed by atoms with Crippen molar-refractivity contribution in [2.24, 2.45) is 0 Å². The summed E-state index contributed by atoms with van der Waals surface area (Å²) in [5, 5.41) is 13.5. The largest absolute Gasteiger partial charge is 0.423 e. The molecule has 1 saturated heterocycles. The van der Waals surface area contributed by atoms with Crippen molar-refractivity contribution in [3.05, 3.63) is 74.7 Å². The number of nitrogens with one attached hydrogen (secondary N) is 1. The van der Waals surface area contributed by atoms with Crippen LogP contribution in [0.3, 0.4) is 0 Å². The van der Waals surface area contributed by atoms with Crippen LogP contribution >= 0.6 is 24.0 Å². The number of thiocarbonyl (C=S) groups is 1. The Morgan fingerprint density at radius 2 is 1.88 bits per heavy atom. The quantitative estimate of drug-likeness (QED) is 0.215. The topological polar surface area (TPSA) is 98.5 Å². The number of nitro groups is 1. The van der Waals surface area contributed by atoms with E-state index in [-0.39, 0.29) is 22.9 Å². The van der Waals surface area contributed by atoms with Crippen LogP contribution in [0.15, 0.2) is 53.4 Å². The van der Waals surface area contributed by atoms with Crippen molar-refractivity contribution in [1.29, 1.82) is 0 Å². The molecular formula is C17H10N2O5S2. The lowest BCUT2D eigenvalue weighted by molar-refractivity contribution is -0.385. The van der Waals surface area contributed by atoms with E-state index in [0.717, 1.165) is 5.56 Å². The molecule has 0 unspecified atom stereocenters. The second kappa shape index (κ2) is 7.46. The molecule has 0 saturated carbocycles. The standard InChI is InChI=1S/C17H10N2O5S2/c20-15-14(26-17(25)18-15)9-10-5-7-11(8-6-10)24-16(21)12-3-1-2-4-13(12)19(22)23/h1-9H,(H,18,20,25)/b14-9+. The van der Waals surface area contributed by atoms with Gasteiger partial charge in [0.05, 0.1) is 9.83 Å².